The molecule has 0 radical (unpaired) electrons. The molecule has 1 atom stereocenters. The molecule has 4 heterocycles. The number of carbonyl (C=O) groups is 1. The van der Waals surface area contributed by atoms with E-state index in [2.05, 4.69) is 4.98 Å². The summed E-state index contributed by atoms with van der Waals surface area (Å²) in [7, 11) is 1.57. The van der Waals surface area contributed by atoms with Crippen molar-refractivity contribution in [3.05, 3.63) is 68.6 Å². The number of hydrogen-bond acceptors (Lipinski definition) is 5. The summed E-state index contributed by atoms with van der Waals surface area (Å²) in [5.41, 5.74) is 0.893. The highest BCUT2D eigenvalue weighted by atomic mass is 16.5. The van der Waals surface area contributed by atoms with Crippen molar-refractivity contribution < 1.29 is 9.53 Å². The van der Waals surface area contributed by atoms with Gasteiger partial charge in [-0.1, -0.05) is 30.3 Å². The van der Waals surface area contributed by atoms with Crippen LogP contribution in [-0.4, -0.2) is 41.6 Å². The zero-order chi connectivity index (χ0) is 21.7. The SMILES string of the molecule is Cc1cn2c3c(=O)n(CC(=O)c4ccccc4)c(=O)n(C)c3nc2n1CC1CCCO1. The highest BCUT2D eigenvalue weighted by Crippen LogP contribution is 2.20. The van der Waals surface area contributed by atoms with Gasteiger partial charge in [-0.3, -0.25) is 23.1 Å². The number of ketones is 1. The van der Waals surface area contributed by atoms with Gasteiger partial charge in [-0.15, -0.1) is 0 Å². The molecule has 1 fully saturated rings. The number of fused-ring (bicyclic) bond motifs is 3. The van der Waals surface area contributed by atoms with E-state index in [0.29, 0.717) is 23.5 Å². The number of nitrogens with zero attached hydrogens (tertiary/aromatic N) is 5. The molecule has 0 amide bonds. The number of carbonyl (C=O) groups excluding carboxylic acids is 1. The summed E-state index contributed by atoms with van der Waals surface area (Å²) in [6, 6.07) is 8.64. The Bertz CT molecular complexity index is 1420. The number of ether oxygens (including phenoxy) is 1. The van der Waals surface area contributed by atoms with Crippen LogP contribution in [0.25, 0.3) is 16.9 Å². The number of imidazole rings is 2. The molecule has 4 aromatic rings. The summed E-state index contributed by atoms with van der Waals surface area (Å²) in [5, 5.41) is 0. The van der Waals surface area contributed by atoms with Crippen molar-refractivity contribution in [1.82, 2.24) is 23.1 Å². The Morgan fingerprint density at radius 3 is 2.68 bits per heavy atom. The predicted molar refractivity (Wildman–Crippen MR) is 115 cm³/mol. The van der Waals surface area contributed by atoms with Crippen LogP contribution in [0.5, 0.6) is 0 Å². The molecule has 9 nitrogen and oxygen atoms in total. The van der Waals surface area contributed by atoms with Crippen LogP contribution in [0, 0.1) is 6.92 Å². The normalized spacial score (nSPS) is 16.5. The maximum absolute atomic E-state index is 13.3. The van der Waals surface area contributed by atoms with Gasteiger partial charge in [-0.05, 0) is 19.8 Å². The minimum Gasteiger partial charge on any atom is -0.376 e. The maximum atomic E-state index is 13.3. The van der Waals surface area contributed by atoms with Crippen LogP contribution in [0.3, 0.4) is 0 Å². The number of aromatic nitrogens is 5. The Kier molecular flexibility index (Phi) is 4.62. The first-order chi connectivity index (χ1) is 15.0. The van der Waals surface area contributed by atoms with Crippen molar-refractivity contribution in [3.63, 3.8) is 0 Å². The summed E-state index contributed by atoms with van der Waals surface area (Å²) < 4.78 is 11.8. The van der Waals surface area contributed by atoms with Crippen molar-refractivity contribution in [2.75, 3.05) is 6.61 Å². The molecule has 1 aromatic carbocycles. The van der Waals surface area contributed by atoms with E-state index in [1.807, 2.05) is 17.7 Å². The second-order valence-electron chi connectivity index (χ2n) is 7.99. The maximum Gasteiger partial charge on any atom is 0.332 e. The Balaban J connectivity index is 1.65. The molecule has 9 heteroatoms. The zero-order valence-electron chi connectivity index (χ0n) is 17.4. The lowest BCUT2D eigenvalue weighted by atomic mass is 10.1. The molecule has 1 aliphatic heterocycles. The topological polar surface area (TPSA) is 92.5 Å². The lowest BCUT2D eigenvalue weighted by Gasteiger charge is -2.11. The van der Waals surface area contributed by atoms with E-state index in [4.69, 9.17) is 4.74 Å². The first kappa shape index (κ1) is 19.5. The molecular formula is C22H23N5O4. The van der Waals surface area contributed by atoms with Crippen LogP contribution in [0.2, 0.25) is 0 Å². The Labute approximate surface area is 177 Å². The second kappa shape index (κ2) is 7.35. The lowest BCUT2D eigenvalue weighted by molar-refractivity contribution is 0.0967. The number of hydrogen-bond donors (Lipinski definition) is 0. The average Bonchev–Trinajstić information content (AvgIpc) is 3.48. The van der Waals surface area contributed by atoms with Crippen molar-refractivity contribution in [2.24, 2.45) is 7.05 Å². The molecule has 31 heavy (non-hydrogen) atoms. The highest BCUT2D eigenvalue weighted by molar-refractivity contribution is 5.95. The van der Waals surface area contributed by atoms with E-state index in [0.717, 1.165) is 29.7 Å². The molecule has 3 aromatic heterocycles. The van der Waals surface area contributed by atoms with Crippen LogP contribution in [0.1, 0.15) is 28.9 Å². The smallest absolute Gasteiger partial charge is 0.332 e. The quantitative estimate of drug-likeness (QED) is 0.456. The van der Waals surface area contributed by atoms with Gasteiger partial charge in [0.1, 0.15) is 0 Å². The molecule has 1 unspecified atom stereocenters. The van der Waals surface area contributed by atoms with E-state index < -0.39 is 11.2 Å². The van der Waals surface area contributed by atoms with Gasteiger partial charge >= 0.3 is 5.69 Å². The van der Waals surface area contributed by atoms with Gasteiger partial charge in [0.05, 0.1) is 19.2 Å². The van der Waals surface area contributed by atoms with Gasteiger partial charge in [0.15, 0.2) is 16.9 Å². The zero-order valence-corrected chi connectivity index (χ0v) is 17.4. The molecular weight excluding hydrogens is 398 g/mol. The molecule has 1 aliphatic rings. The molecule has 0 aliphatic carbocycles. The van der Waals surface area contributed by atoms with Crippen LogP contribution < -0.4 is 11.2 Å². The molecule has 0 N–H and O–H groups in total. The van der Waals surface area contributed by atoms with E-state index in [1.54, 1.807) is 41.8 Å². The van der Waals surface area contributed by atoms with Crippen LogP contribution >= 0.6 is 0 Å². The van der Waals surface area contributed by atoms with Crippen molar-refractivity contribution in [3.8, 4) is 0 Å². The fraction of sp³-hybridized carbons (Fsp3) is 0.364. The summed E-state index contributed by atoms with van der Waals surface area (Å²) >= 11 is 0. The number of Topliss-reactive ketones (excluding diaryl/α,β-unsaturated/α-hetero) is 1. The number of aryl methyl sites for hydroxylation is 2. The minimum absolute atomic E-state index is 0.110. The van der Waals surface area contributed by atoms with Crippen LogP contribution in [-0.2, 0) is 24.9 Å². The van der Waals surface area contributed by atoms with E-state index in [9.17, 15) is 14.4 Å². The van der Waals surface area contributed by atoms with Gasteiger partial charge < -0.3 is 9.30 Å². The van der Waals surface area contributed by atoms with Crippen molar-refractivity contribution in [1.29, 1.82) is 0 Å². The van der Waals surface area contributed by atoms with Crippen molar-refractivity contribution >= 4 is 22.7 Å². The summed E-state index contributed by atoms with van der Waals surface area (Å²) in [5.74, 6) is 0.286. The first-order valence-corrected chi connectivity index (χ1v) is 10.3. The Hall–Kier alpha value is -3.46. The predicted octanol–water partition coefficient (Wildman–Crippen LogP) is 1.52. The molecule has 1 saturated heterocycles. The second-order valence-corrected chi connectivity index (χ2v) is 7.99. The molecule has 160 valence electrons. The number of benzene rings is 1. The summed E-state index contributed by atoms with van der Waals surface area (Å²) in [4.78, 5) is 43.5. The minimum atomic E-state index is -0.565. The third-order valence-corrected chi connectivity index (χ3v) is 5.95. The average molecular weight is 421 g/mol. The largest absolute Gasteiger partial charge is 0.376 e. The Morgan fingerprint density at radius 1 is 1.19 bits per heavy atom. The van der Waals surface area contributed by atoms with Crippen LogP contribution in [0.15, 0.2) is 46.1 Å². The molecule has 0 spiro atoms. The monoisotopic (exact) mass is 421 g/mol. The lowest BCUT2D eigenvalue weighted by Crippen LogP contribution is -2.41. The van der Waals surface area contributed by atoms with E-state index >= 15 is 0 Å². The van der Waals surface area contributed by atoms with Gasteiger partial charge in [0.25, 0.3) is 5.56 Å². The third kappa shape index (κ3) is 3.12. The Morgan fingerprint density at radius 2 is 1.97 bits per heavy atom. The fourth-order valence-corrected chi connectivity index (χ4v) is 4.27. The summed E-state index contributed by atoms with van der Waals surface area (Å²) in [6.45, 7) is 3.02. The molecule has 0 saturated carbocycles. The number of rotatable bonds is 5. The highest BCUT2D eigenvalue weighted by Gasteiger charge is 2.23. The summed E-state index contributed by atoms with van der Waals surface area (Å²) in [6.07, 6.45) is 3.97. The van der Waals surface area contributed by atoms with Crippen LogP contribution in [0.4, 0.5) is 0 Å². The van der Waals surface area contributed by atoms with Crippen molar-refractivity contribution in [2.45, 2.75) is 39.0 Å². The molecule has 0 bridgehead atoms. The standard InChI is InChI=1S/C22H23N5O4/c1-14-11-26-18-19(23-21(26)25(14)12-16-9-6-10-31-16)24(2)22(30)27(20(18)29)13-17(28)15-7-4-3-5-8-15/h3-5,7-8,11,16H,6,9-10,12-13H2,1-2H3. The van der Waals surface area contributed by atoms with Gasteiger partial charge in [-0.2, -0.15) is 4.98 Å². The van der Waals surface area contributed by atoms with E-state index in [1.165, 1.54) is 4.57 Å². The van der Waals surface area contributed by atoms with E-state index in [-0.39, 0.29) is 23.9 Å². The van der Waals surface area contributed by atoms with Gasteiger partial charge in [0, 0.05) is 31.1 Å². The third-order valence-electron chi connectivity index (χ3n) is 5.95. The first-order valence-electron chi connectivity index (χ1n) is 10.3. The fourth-order valence-electron chi connectivity index (χ4n) is 4.27. The molecule has 5 rings (SSSR count). The van der Waals surface area contributed by atoms with Gasteiger partial charge in [0.2, 0.25) is 5.78 Å². The van der Waals surface area contributed by atoms with Gasteiger partial charge in [-0.25, -0.2) is 4.79 Å².